The minimum absolute atomic E-state index is 0.0916. The Morgan fingerprint density at radius 2 is 2.29 bits per heavy atom. The molecule has 0 heterocycles. The van der Waals surface area contributed by atoms with Crippen molar-refractivity contribution in [1.29, 1.82) is 0 Å². The lowest BCUT2D eigenvalue weighted by Gasteiger charge is -2.08. The molecule has 1 unspecified atom stereocenters. The third kappa shape index (κ3) is 4.86. The lowest BCUT2D eigenvalue weighted by atomic mass is 10.2. The van der Waals surface area contributed by atoms with Crippen LogP contribution in [0.1, 0.15) is 19.8 Å². The number of halogens is 1. The summed E-state index contributed by atoms with van der Waals surface area (Å²) in [6.07, 6.45) is 1.13. The highest BCUT2D eigenvalue weighted by Crippen LogP contribution is 2.26. The highest BCUT2D eigenvalue weighted by molar-refractivity contribution is 14.1. The molecule has 94 valence electrons. The van der Waals surface area contributed by atoms with Crippen molar-refractivity contribution in [3.05, 3.63) is 31.9 Å². The van der Waals surface area contributed by atoms with Crippen molar-refractivity contribution in [2.45, 2.75) is 25.9 Å². The number of nitrogens with zero attached hydrogens (tertiary/aromatic N) is 1. The second-order valence-electron chi connectivity index (χ2n) is 3.84. The Labute approximate surface area is 114 Å². The first-order valence-corrected chi connectivity index (χ1v) is 6.44. The van der Waals surface area contributed by atoms with Crippen molar-refractivity contribution in [3.8, 4) is 0 Å². The Morgan fingerprint density at radius 3 is 2.88 bits per heavy atom. The van der Waals surface area contributed by atoms with Gasteiger partial charge in [-0.05, 0) is 54.5 Å². The Balaban J connectivity index is 2.61. The predicted octanol–water partition coefficient (Wildman–Crippen LogP) is 2.77. The van der Waals surface area contributed by atoms with Crippen LogP contribution in [0, 0.1) is 13.7 Å². The molecule has 6 heteroatoms. The van der Waals surface area contributed by atoms with E-state index in [9.17, 15) is 10.1 Å². The molecular weight excluding hydrogens is 335 g/mol. The van der Waals surface area contributed by atoms with E-state index in [4.69, 9.17) is 5.11 Å². The molecule has 0 fully saturated rings. The maximum atomic E-state index is 10.8. The molecule has 0 saturated heterocycles. The van der Waals surface area contributed by atoms with Gasteiger partial charge in [0.1, 0.15) is 5.69 Å². The van der Waals surface area contributed by atoms with Gasteiger partial charge in [0.15, 0.2) is 0 Å². The highest BCUT2D eigenvalue weighted by Gasteiger charge is 2.13. The van der Waals surface area contributed by atoms with E-state index in [-0.39, 0.29) is 16.7 Å². The summed E-state index contributed by atoms with van der Waals surface area (Å²) in [6.45, 7) is 2.35. The predicted molar refractivity (Wildman–Crippen MR) is 75.2 cm³/mol. The number of rotatable bonds is 6. The van der Waals surface area contributed by atoms with Gasteiger partial charge in [0.05, 0.1) is 11.0 Å². The first kappa shape index (κ1) is 14.2. The molecule has 0 aliphatic heterocycles. The SMILES string of the molecule is CC(O)CCCNc1ccc(I)cc1[N+](=O)[O-]. The summed E-state index contributed by atoms with van der Waals surface area (Å²) < 4.78 is 0.837. The highest BCUT2D eigenvalue weighted by atomic mass is 127. The Kier molecular flexibility index (Phi) is 5.63. The van der Waals surface area contributed by atoms with Gasteiger partial charge in [-0.15, -0.1) is 0 Å². The van der Waals surface area contributed by atoms with E-state index < -0.39 is 0 Å². The number of nitro groups is 1. The van der Waals surface area contributed by atoms with Crippen molar-refractivity contribution in [3.63, 3.8) is 0 Å². The molecule has 0 bridgehead atoms. The van der Waals surface area contributed by atoms with Gasteiger partial charge in [-0.2, -0.15) is 0 Å². The molecule has 5 nitrogen and oxygen atoms in total. The van der Waals surface area contributed by atoms with Crippen LogP contribution in [0.2, 0.25) is 0 Å². The number of aliphatic hydroxyl groups is 1. The van der Waals surface area contributed by atoms with Crippen LogP contribution in [0.15, 0.2) is 18.2 Å². The van der Waals surface area contributed by atoms with Gasteiger partial charge < -0.3 is 10.4 Å². The zero-order chi connectivity index (χ0) is 12.8. The molecule has 0 aliphatic carbocycles. The lowest BCUT2D eigenvalue weighted by molar-refractivity contribution is -0.384. The fourth-order valence-corrected chi connectivity index (χ4v) is 1.90. The zero-order valence-electron chi connectivity index (χ0n) is 9.52. The molecule has 0 radical (unpaired) electrons. The van der Waals surface area contributed by atoms with Crippen molar-refractivity contribution in [1.82, 2.24) is 0 Å². The standard InChI is InChI=1S/C11H15IN2O3/c1-8(15)3-2-6-13-10-5-4-9(12)7-11(10)14(16)17/h4-5,7-8,13,15H,2-3,6H2,1H3. The molecule has 1 aromatic rings. The molecule has 1 rings (SSSR count). The molecule has 17 heavy (non-hydrogen) atoms. The third-order valence-electron chi connectivity index (χ3n) is 2.27. The average molecular weight is 350 g/mol. The number of nitrogens with one attached hydrogen (secondary N) is 1. The van der Waals surface area contributed by atoms with Crippen LogP contribution in [0.5, 0.6) is 0 Å². The van der Waals surface area contributed by atoms with E-state index in [2.05, 4.69) is 5.32 Å². The molecular formula is C11H15IN2O3. The van der Waals surface area contributed by atoms with Crippen LogP contribution in [0.3, 0.4) is 0 Å². The molecule has 1 aromatic carbocycles. The monoisotopic (exact) mass is 350 g/mol. The largest absolute Gasteiger partial charge is 0.393 e. The van der Waals surface area contributed by atoms with Gasteiger partial charge in [-0.1, -0.05) is 0 Å². The summed E-state index contributed by atoms with van der Waals surface area (Å²) in [5.41, 5.74) is 0.620. The Hall–Kier alpha value is -0.890. The van der Waals surface area contributed by atoms with E-state index in [0.717, 1.165) is 9.99 Å². The topological polar surface area (TPSA) is 75.4 Å². The number of hydrogen-bond donors (Lipinski definition) is 2. The number of hydrogen-bond acceptors (Lipinski definition) is 4. The summed E-state index contributed by atoms with van der Waals surface area (Å²) in [6, 6.07) is 5.07. The summed E-state index contributed by atoms with van der Waals surface area (Å²) in [7, 11) is 0. The number of anilines is 1. The quantitative estimate of drug-likeness (QED) is 0.358. The molecule has 0 amide bonds. The van der Waals surface area contributed by atoms with E-state index >= 15 is 0 Å². The molecule has 0 saturated carbocycles. The van der Waals surface area contributed by atoms with Gasteiger partial charge in [0.25, 0.3) is 5.69 Å². The van der Waals surface area contributed by atoms with E-state index in [0.29, 0.717) is 18.7 Å². The number of benzene rings is 1. The number of aliphatic hydroxyl groups excluding tert-OH is 1. The fourth-order valence-electron chi connectivity index (χ4n) is 1.43. The van der Waals surface area contributed by atoms with Crippen molar-refractivity contribution in [2.24, 2.45) is 0 Å². The Bertz CT molecular complexity index is 396. The molecule has 0 aliphatic rings. The first-order valence-electron chi connectivity index (χ1n) is 5.36. The van der Waals surface area contributed by atoms with Gasteiger partial charge in [-0.3, -0.25) is 10.1 Å². The first-order chi connectivity index (χ1) is 8.00. The fraction of sp³-hybridized carbons (Fsp3) is 0.455. The molecule has 2 N–H and O–H groups in total. The third-order valence-corrected chi connectivity index (χ3v) is 2.94. The van der Waals surface area contributed by atoms with Crippen LogP contribution in [0.25, 0.3) is 0 Å². The summed E-state index contributed by atoms with van der Waals surface area (Å²) in [4.78, 5) is 10.4. The van der Waals surface area contributed by atoms with Gasteiger partial charge in [-0.25, -0.2) is 0 Å². The zero-order valence-corrected chi connectivity index (χ0v) is 11.7. The van der Waals surface area contributed by atoms with E-state index in [1.807, 2.05) is 28.7 Å². The van der Waals surface area contributed by atoms with Crippen LogP contribution >= 0.6 is 22.6 Å². The second-order valence-corrected chi connectivity index (χ2v) is 5.08. The molecule has 0 spiro atoms. The molecule has 0 aromatic heterocycles. The van der Waals surface area contributed by atoms with E-state index in [1.54, 1.807) is 13.0 Å². The smallest absolute Gasteiger partial charge is 0.293 e. The summed E-state index contributed by atoms with van der Waals surface area (Å²) in [5.74, 6) is 0. The average Bonchev–Trinajstić information content (AvgIpc) is 2.25. The normalized spacial score (nSPS) is 12.2. The van der Waals surface area contributed by atoms with Crippen molar-refractivity contribution >= 4 is 34.0 Å². The van der Waals surface area contributed by atoms with Gasteiger partial charge in [0.2, 0.25) is 0 Å². The van der Waals surface area contributed by atoms with Crippen LogP contribution in [0.4, 0.5) is 11.4 Å². The Morgan fingerprint density at radius 1 is 1.59 bits per heavy atom. The number of nitro benzene ring substituents is 1. The van der Waals surface area contributed by atoms with E-state index in [1.165, 1.54) is 6.07 Å². The van der Waals surface area contributed by atoms with Crippen LogP contribution in [-0.2, 0) is 0 Å². The maximum Gasteiger partial charge on any atom is 0.293 e. The van der Waals surface area contributed by atoms with Crippen molar-refractivity contribution in [2.75, 3.05) is 11.9 Å². The minimum atomic E-state index is -0.390. The molecule has 1 atom stereocenters. The summed E-state index contributed by atoms with van der Waals surface area (Å²) >= 11 is 2.04. The minimum Gasteiger partial charge on any atom is -0.393 e. The van der Waals surface area contributed by atoms with Crippen molar-refractivity contribution < 1.29 is 10.0 Å². The summed E-state index contributed by atoms with van der Waals surface area (Å²) in [5, 5.41) is 22.9. The second kappa shape index (κ2) is 6.75. The lowest BCUT2D eigenvalue weighted by Crippen LogP contribution is -2.07. The van der Waals surface area contributed by atoms with Crippen LogP contribution in [-0.4, -0.2) is 22.7 Å². The van der Waals surface area contributed by atoms with Crippen LogP contribution < -0.4 is 5.32 Å². The van der Waals surface area contributed by atoms with Gasteiger partial charge >= 0.3 is 0 Å². The van der Waals surface area contributed by atoms with Gasteiger partial charge in [0, 0.05) is 16.2 Å². The maximum absolute atomic E-state index is 10.8.